The summed E-state index contributed by atoms with van der Waals surface area (Å²) in [5, 5.41) is 9.91. The number of ether oxygens (including phenoxy) is 1. The van der Waals surface area contributed by atoms with Crippen LogP contribution in [0, 0.1) is 0 Å². The molecule has 0 spiro atoms. The Labute approximate surface area is 177 Å². The van der Waals surface area contributed by atoms with E-state index in [1.54, 1.807) is 12.1 Å². The Morgan fingerprint density at radius 1 is 0.871 bits per heavy atom. The number of carbonyl (C=O) groups is 1. The van der Waals surface area contributed by atoms with Crippen LogP contribution in [0.5, 0.6) is 5.75 Å². The molecule has 0 saturated carbocycles. The summed E-state index contributed by atoms with van der Waals surface area (Å²) < 4.78 is 6.39. The lowest BCUT2D eigenvalue weighted by Crippen LogP contribution is -2.19. The summed E-state index contributed by atoms with van der Waals surface area (Å²) in [6, 6.07) is 25.4. The van der Waals surface area contributed by atoms with Crippen molar-refractivity contribution in [1.82, 2.24) is 4.98 Å². The molecule has 3 aromatic carbocycles. The molecule has 0 aliphatic rings. The summed E-state index contributed by atoms with van der Waals surface area (Å²) in [6.45, 7) is 0. The summed E-state index contributed by atoms with van der Waals surface area (Å²) in [7, 11) is 0. The van der Waals surface area contributed by atoms with Crippen molar-refractivity contribution >= 4 is 16.9 Å². The van der Waals surface area contributed by atoms with E-state index in [1.165, 1.54) is 12.1 Å². The highest BCUT2D eigenvalue weighted by Crippen LogP contribution is 2.35. The first-order valence-corrected chi connectivity index (χ1v) is 9.59. The first-order valence-electron chi connectivity index (χ1n) is 9.59. The minimum atomic E-state index is -1.39. The van der Waals surface area contributed by atoms with Gasteiger partial charge in [-0.3, -0.25) is 9.63 Å². The average molecular weight is 416 g/mol. The van der Waals surface area contributed by atoms with Crippen molar-refractivity contribution in [3.05, 3.63) is 112 Å². The Morgan fingerprint density at radius 3 is 2.03 bits per heavy atom. The molecule has 0 amide bonds. The van der Waals surface area contributed by atoms with Gasteiger partial charge in [-0.2, -0.15) is 0 Å². The zero-order valence-electron chi connectivity index (χ0n) is 16.4. The van der Waals surface area contributed by atoms with Gasteiger partial charge in [-0.1, -0.05) is 66.7 Å². The Morgan fingerprint density at radius 2 is 1.48 bits per heavy atom. The third-order valence-electron chi connectivity index (χ3n) is 4.98. The molecule has 0 saturated heterocycles. The number of nitrogens with two attached hydrogens (primary N) is 1. The highest BCUT2D eigenvalue weighted by molar-refractivity contribution is 5.91. The third-order valence-corrected chi connectivity index (χ3v) is 4.98. The topological polar surface area (TPSA) is 115 Å². The van der Waals surface area contributed by atoms with Gasteiger partial charge < -0.3 is 14.8 Å². The van der Waals surface area contributed by atoms with Crippen LogP contribution in [0.15, 0.2) is 89.7 Å². The Kier molecular flexibility index (Phi) is 5.79. The van der Waals surface area contributed by atoms with E-state index in [-0.39, 0.29) is 5.56 Å². The van der Waals surface area contributed by atoms with Crippen molar-refractivity contribution in [2.24, 2.45) is 5.90 Å². The van der Waals surface area contributed by atoms with Gasteiger partial charge in [0.15, 0.2) is 0 Å². The zero-order valence-corrected chi connectivity index (χ0v) is 16.4. The fourth-order valence-corrected chi connectivity index (χ4v) is 3.55. The Hall–Kier alpha value is -3.94. The molecule has 7 nitrogen and oxygen atoms in total. The van der Waals surface area contributed by atoms with Crippen molar-refractivity contribution in [2.75, 3.05) is 0 Å². The van der Waals surface area contributed by atoms with Crippen LogP contribution in [0.1, 0.15) is 28.9 Å². The predicted octanol–water partition coefficient (Wildman–Crippen LogP) is 3.71. The van der Waals surface area contributed by atoms with Crippen molar-refractivity contribution < 1.29 is 19.5 Å². The number of rotatable bonds is 7. The van der Waals surface area contributed by atoms with Crippen LogP contribution in [-0.2, 0) is 9.63 Å². The molecule has 1 unspecified atom stereocenters. The molecule has 4 N–H and O–H groups in total. The summed E-state index contributed by atoms with van der Waals surface area (Å²) in [4.78, 5) is 31.0. The van der Waals surface area contributed by atoms with E-state index in [0.29, 0.717) is 22.2 Å². The van der Waals surface area contributed by atoms with Crippen molar-refractivity contribution in [1.29, 1.82) is 0 Å². The summed E-state index contributed by atoms with van der Waals surface area (Å²) in [6.07, 6.45) is -1.83. The van der Waals surface area contributed by atoms with Gasteiger partial charge in [-0.25, -0.2) is 10.7 Å². The molecular formula is C24H20N2O5. The van der Waals surface area contributed by atoms with Crippen LogP contribution in [0.3, 0.4) is 0 Å². The van der Waals surface area contributed by atoms with Gasteiger partial charge in [-0.15, -0.1) is 0 Å². The number of hydrogen-bond acceptors (Lipinski definition) is 5. The molecule has 4 aromatic rings. The van der Waals surface area contributed by atoms with Crippen LogP contribution < -0.4 is 16.2 Å². The van der Waals surface area contributed by atoms with Gasteiger partial charge in [0.05, 0.1) is 5.52 Å². The average Bonchev–Trinajstić information content (AvgIpc) is 2.79. The molecule has 31 heavy (non-hydrogen) atoms. The molecule has 7 heteroatoms. The van der Waals surface area contributed by atoms with E-state index >= 15 is 0 Å². The van der Waals surface area contributed by atoms with Crippen LogP contribution >= 0.6 is 0 Å². The maximum atomic E-state index is 12.1. The van der Waals surface area contributed by atoms with Crippen LogP contribution in [0.25, 0.3) is 10.9 Å². The minimum absolute atomic E-state index is 0.310. The maximum absolute atomic E-state index is 12.1. The van der Waals surface area contributed by atoms with E-state index in [1.807, 2.05) is 60.7 Å². The van der Waals surface area contributed by atoms with E-state index in [4.69, 9.17) is 10.6 Å². The second-order valence-electron chi connectivity index (χ2n) is 6.94. The number of aromatic amines is 1. The normalized spacial score (nSPS) is 12.1. The highest BCUT2D eigenvalue weighted by Gasteiger charge is 2.25. The molecule has 156 valence electrons. The molecule has 0 bridgehead atoms. The van der Waals surface area contributed by atoms with E-state index in [9.17, 15) is 14.7 Å². The lowest BCUT2D eigenvalue weighted by molar-refractivity contribution is -0.151. The number of H-pyrrole nitrogens is 1. The lowest BCUT2D eigenvalue weighted by atomic mass is 10.0. The van der Waals surface area contributed by atoms with Crippen molar-refractivity contribution in [2.45, 2.75) is 12.2 Å². The maximum Gasteiger partial charge on any atom is 0.339 e. The molecule has 1 atom stereocenters. The standard InChI is InChI=1S/C24H20N2O5/c25-31-23(24(28)29)18-11-13-19(21-17(18)12-14-20(27)26-21)30-22(15-7-3-1-4-8-15)16-9-5-2-6-10-16/h1-14,22-23H,25H2,(H,26,27)(H,28,29). The number of benzene rings is 3. The molecule has 1 aromatic heterocycles. The second kappa shape index (κ2) is 8.83. The largest absolute Gasteiger partial charge is 0.479 e. The number of fused-ring (bicyclic) bond motifs is 1. The summed E-state index contributed by atoms with van der Waals surface area (Å²) in [5.41, 5.74) is 2.19. The quantitative estimate of drug-likeness (QED) is 0.396. The molecule has 4 rings (SSSR count). The van der Waals surface area contributed by atoms with Crippen molar-refractivity contribution in [3.63, 3.8) is 0 Å². The lowest BCUT2D eigenvalue weighted by Gasteiger charge is -2.22. The van der Waals surface area contributed by atoms with Gasteiger partial charge in [0.25, 0.3) is 0 Å². The smallest absolute Gasteiger partial charge is 0.339 e. The fourth-order valence-electron chi connectivity index (χ4n) is 3.55. The highest BCUT2D eigenvalue weighted by atomic mass is 16.6. The number of pyridine rings is 1. The molecule has 0 aliphatic heterocycles. The van der Waals surface area contributed by atoms with Gasteiger partial charge in [0.2, 0.25) is 11.7 Å². The molecule has 0 fully saturated rings. The number of carboxylic acid groups (broad SMARTS) is 1. The molecular weight excluding hydrogens is 396 g/mol. The Balaban J connectivity index is 1.86. The first kappa shape index (κ1) is 20.3. The van der Waals surface area contributed by atoms with E-state index < -0.39 is 18.2 Å². The van der Waals surface area contributed by atoms with Gasteiger partial charge in [0.1, 0.15) is 11.9 Å². The fraction of sp³-hybridized carbons (Fsp3) is 0.0833. The van der Waals surface area contributed by atoms with Crippen molar-refractivity contribution in [3.8, 4) is 5.75 Å². The zero-order chi connectivity index (χ0) is 21.8. The Bertz CT molecular complexity index is 1220. The van der Waals surface area contributed by atoms with Gasteiger partial charge in [-0.05, 0) is 23.3 Å². The number of aromatic nitrogens is 1. The van der Waals surface area contributed by atoms with E-state index in [0.717, 1.165) is 11.1 Å². The summed E-state index contributed by atoms with van der Waals surface area (Å²) >= 11 is 0. The predicted molar refractivity (Wildman–Crippen MR) is 116 cm³/mol. The monoisotopic (exact) mass is 416 g/mol. The number of nitrogens with one attached hydrogen (secondary N) is 1. The number of carboxylic acids is 1. The van der Waals surface area contributed by atoms with Crippen LogP contribution in [0.2, 0.25) is 0 Å². The SMILES string of the molecule is NOC(C(=O)O)c1ccc(OC(c2ccccc2)c2ccccc2)c2[nH]c(=O)ccc12. The van der Waals surface area contributed by atoms with E-state index in [2.05, 4.69) is 9.82 Å². The second-order valence-corrected chi connectivity index (χ2v) is 6.94. The summed E-state index contributed by atoms with van der Waals surface area (Å²) in [5.74, 6) is 4.37. The third kappa shape index (κ3) is 4.18. The molecule has 0 radical (unpaired) electrons. The van der Waals surface area contributed by atoms with Crippen LogP contribution in [-0.4, -0.2) is 16.1 Å². The minimum Gasteiger partial charge on any atom is -0.479 e. The first-order chi connectivity index (χ1) is 15.1. The van der Waals surface area contributed by atoms with Crippen LogP contribution in [0.4, 0.5) is 0 Å². The van der Waals surface area contributed by atoms with Gasteiger partial charge >= 0.3 is 5.97 Å². The van der Waals surface area contributed by atoms with Gasteiger partial charge in [0, 0.05) is 17.0 Å². The molecule has 1 heterocycles. The molecule has 0 aliphatic carbocycles. The number of hydrogen-bond donors (Lipinski definition) is 3. The number of aliphatic carboxylic acids is 1.